The highest BCUT2D eigenvalue weighted by Gasteiger charge is 2.08. The maximum absolute atomic E-state index is 9.73. The Balaban J connectivity index is 1.86. The van der Waals surface area contributed by atoms with Crippen molar-refractivity contribution in [2.75, 3.05) is 13.7 Å². The van der Waals surface area contributed by atoms with E-state index < -0.39 is 0 Å². The highest BCUT2D eigenvalue weighted by atomic mass is 79.9. The molecule has 0 bridgehead atoms. The van der Waals surface area contributed by atoms with Crippen LogP contribution < -0.4 is 10.1 Å². The van der Waals surface area contributed by atoms with Crippen molar-refractivity contribution in [2.24, 2.45) is 7.05 Å². The minimum Gasteiger partial charge on any atom is -0.503 e. The Morgan fingerprint density at radius 2 is 2.25 bits per heavy atom. The number of methoxy groups -OCH3 is 1. The second-order valence-electron chi connectivity index (χ2n) is 4.39. The summed E-state index contributed by atoms with van der Waals surface area (Å²) in [5.74, 6) is 1.40. The summed E-state index contributed by atoms with van der Waals surface area (Å²) in [5.41, 5.74) is 1.03. The number of aryl methyl sites for hydroxylation is 1. The van der Waals surface area contributed by atoms with Crippen LogP contribution in [0.25, 0.3) is 0 Å². The van der Waals surface area contributed by atoms with Crippen LogP contribution in [0.15, 0.2) is 22.9 Å². The van der Waals surface area contributed by atoms with Gasteiger partial charge < -0.3 is 15.2 Å². The molecule has 20 heavy (non-hydrogen) atoms. The zero-order valence-electron chi connectivity index (χ0n) is 11.4. The van der Waals surface area contributed by atoms with Crippen molar-refractivity contribution < 1.29 is 9.84 Å². The van der Waals surface area contributed by atoms with Crippen LogP contribution in [0.4, 0.5) is 0 Å². The van der Waals surface area contributed by atoms with Gasteiger partial charge in [-0.25, -0.2) is 4.98 Å². The van der Waals surface area contributed by atoms with Gasteiger partial charge in [0, 0.05) is 26.6 Å². The molecule has 6 nitrogen and oxygen atoms in total. The van der Waals surface area contributed by atoms with E-state index in [9.17, 15) is 5.11 Å². The van der Waals surface area contributed by atoms with Crippen molar-refractivity contribution in [1.29, 1.82) is 0 Å². The average molecular weight is 341 g/mol. The molecule has 0 fully saturated rings. The van der Waals surface area contributed by atoms with Crippen LogP contribution >= 0.6 is 15.9 Å². The molecule has 0 radical (unpaired) electrons. The van der Waals surface area contributed by atoms with E-state index in [1.54, 1.807) is 11.0 Å². The number of rotatable bonds is 6. The summed E-state index contributed by atoms with van der Waals surface area (Å²) in [5, 5.41) is 17.3. The van der Waals surface area contributed by atoms with E-state index in [2.05, 4.69) is 31.3 Å². The van der Waals surface area contributed by atoms with Crippen LogP contribution in [0.1, 0.15) is 11.4 Å². The van der Waals surface area contributed by atoms with Gasteiger partial charge in [-0.3, -0.25) is 4.68 Å². The minimum absolute atomic E-state index is 0.119. The Morgan fingerprint density at radius 3 is 2.90 bits per heavy atom. The lowest BCUT2D eigenvalue weighted by molar-refractivity contribution is 0.371. The fourth-order valence-electron chi connectivity index (χ4n) is 1.82. The zero-order chi connectivity index (χ0) is 14.5. The molecule has 2 aromatic rings. The number of halogens is 1. The first-order chi connectivity index (χ1) is 9.60. The maximum atomic E-state index is 9.73. The molecule has 0 saturated heterocycles. The van der Waals surface area contributed by atoms with Gasteiger partial charge >= 0.3 is 0 Å². The molecule has 2 N–H and O–H groups in total. The van der Waals surface area contributed by atoms with Gasteiger partial charge in [-0.15, -0.1) is 0 Å². The number of nitrogens with zero attached hydrogens (tertiary/aromatic N) is 3. The van der Waals surface area contributed by atoms with Crippen LogP contribution in [0.2, 0.25) is 0 Å². The monoisotopic (exact) mass is 340 g/mol. The predicted molar refractivity (Wildman–Crippen MR) is 78.8 cm³/mol. The van der Waals surface area contributed by atoms with Crippen molar-refractivity contribution >= 4 is 15.9 Å². The summed E-state index contributed by atoms with van der Waals surface area (Å²) in [6.45, 7) is 1.47. The number of phenols is 1. The van der Waals surface area contributed by atoms with Crippen LogP contribution in [-0.2, 0) is 20.0 Å². The van der Waals surface area contributed by atoms with Gasteiger partial charge in [-0.1, -0.05) is 0 Å². The zero-order valence-corrected chi connectivity index (χ0v) is 13.0. The molecule has 0 aliphatic rings. The Hall–Kier alpha value is -1.60. The first kappa shape index (κ1) is 14.8. The highest BCUT2D eigenvalue weighted by Crippen LogP contribution is 2.35. The fourth-order valence-corrected chi connectivity index (χ4v) is 2.31. The van der Waals surface area contributed by atoms with Crippen LogP contribution in [-0.4, -0.2) is 33.5 Å². The minimum atomic E-state index is 0.119. The van der Waals surface area contributed by atoms with Crippen LogP contribution in [0, 0.1) is 0 Å². The molecule has 0 unspecified atom stereocenters. The molecular weight excluding hydrogens is 324 g/mol. The van der Waals surface area contributed by atoms with E-state index in [1.165, 1.54) is 7.11 Å². The van der Waals surface area contributed by atoms with E-state index in [-0.39, 0.29) is 5.75 Å². The lowest BCUT2D eigenvalue weighted by Crippen LogP contribution is -2.17. The van der Waals surface area contributed by atoms with E-state index in [0.717, 1.165) is 24.4 Å². The first-order valence-electron chi connectivity index (χ1n) is 6.20. The summed E-state index contributed by atoms with van der Waals surface area (Å²) in [4.78, 5) is 4.16. The molecule has 108 valence electrons. The second-order valence-corrected chi connectivity index (χ2v) is 5.24. The van der Waals surface area contributed by atoms with E-state index in [1.807, 2.05) is 19.2 Å². The van der Waals surface area contributed by atoms with Gasteiger partial charge in [0.15, 0.2) is 17.3 Å². The summed E-state index contributed by atoms with van der Waals surface area (Å²) in [6.07, 6.45) is 2.47. The molecule has 1 heterocycles. The third kappa shape index (κ3) is 3.71. The number of ether oxygens (including phenoxy) is 1. The number of benzene rings is 1. The Morgan fingerprint density at radius 1 is 1.45 bits per heavy atom. The molecule has 1 aromatic heterocycles. The van der Waals surface area contributed by atoms with Crippen molar-refractivity contribution in [2.45, 2.75) is 13.0 Å². The molecule has 7 heteroatoms. The fraction of sp³-hybridized carbons (Fsp3) is 0.385. The lowest BCUT2D eigenvalue weighted by atomic mass is 10.2. The number of phenolic OH excluding ortho intramolecular Hbond substituents is 1. The first-order valence-corrected chi connectivity index (χ1v) is 7.00. The molecule has 0 saturated carbocycles. The summed E-state index contributed by atoms with van der Waals surface area (Å²) >= 11 is 3.31. The van der Waals surface area contributed by atoms with Crippen molar-refractivity contribution in [3.63, 3.8) is 0 Å². The van der Waals surface area contributed by atoms with Crippen molar-refractivity contribution in [3.8, 4) is 11.5 Å². The molecule has 0 spiro atoms. The Kier molecular flexibility index (Phi) is 4.97. The van der Waals surface area contributed by atoms with Crippen molar-refractivity contribution in [3.05, 3.63) is 34.3 Å². The van der Waals surface area contributed by atoms with E-state index in [0.29, 0.717) is 16.8 Å². The molecule has 0 atom stereocenters. The van der Waals surface area contributed by atoms with Gasteiger partial charge in [0.2, 0.25) is 0 Å². The number of hydrogen-bond donors (Lipinski definition) is 2. The standard InChI is InChI=1S/C13H17BrN4O2/c1-18-8-16-12(17-18)3-4-15-7-9-5-10(14)13(19)11(6-9)20-2/h5-6,8,15,19H,3-4,7H2,1-2H3. The van der Waals surface area contributed by atoms with E-state index >= 15 is 0 Å². The maximum Gasteiger partial charge on any atom is 0.172 e. The largest absolute Gasteiger partial charge is 0.503 e. The van der Waals surface area contributed by atoms with Gasteiger partial charge in [-0.2, -0.15) is 5.10 Å². The van der Waals surface area contributed by atoms with Gasteiger partial charge in [-0.05, 0) is 33.6 Å². The SMILES string of the molecule is COc1cc(CNCCc2ncn(C)n2)cc(Br)c1O. The highest BCUT2D eigenvalue weighted by molar-refractivity contribution is 9.10. The second kappa shape index (κ2) is 6.71. The number of nitrogens with one attached hydrogen (secondary N) is 1. The molecular formula is C13H17BrN4O2. The predicted octanol–water partition coefficient (Wildman–Crippen LogP) is 1.62. The van der Waals surface area contributed by atoms with Crippen molar-refractivity contribution in [1.82, 2.24) is 20.1 Å². The molecule has 2 rings (SSSR count). The third-order valence-corrected chi connectivity index (χ3v) is 3.41. The van der Waals surface area contributed by atoms with Crippen LogP contribution in [0.5, 0.6) is 11.5 Å². The normalized spacial score (nSPS) is 10.8. The summed E-state index contributed by atoms with van der Waals surface area (Å²) in [6, 6.07) is 3.68. The smallest absolute Gasteiger partial charge is 0.172 e. The quantitative estimate of drug-likeness (QED) is 0.782. The molecule has 0 aliphatic carbocycles. The van der Waals surface area contributed by atoms with Gasteiger partial charge in [0.05, 0.1) is 11.6 Å². The van der Waals surface area contributed by atoms with Gasteiger partial charge in [0.25, 0.3) is 0 Å². The third-order valence-electron chi connectivity index (χ3n) is 2.81. The lowest BCUT2D eigenvalue weighted by Gasteiger charge is -2.09. The summed E-state index contributed by atoms with van der Waals surface area (Å²) in [7, 11) is 3.38. The molecule has 0 amide bonds. The molecule has 0 aliphatic heterocycles. The number of aromatic nitrogens is 3. The van der Waals surface area contributed by atoms with E-state index in [4.69, 9.17) is 4.74 Å². The average Bonchev–Trinajstić information content (AvgIpc) is 2.84. The number of hydrogen-bond acceptors (Lipinski definition) is 5. The van der Waals surface area contributed by atoms with Gasteiger partial charge in [0.1, 0.15) is 6.33 Å². The number of aromatic hydroxyl groups is 1. The molecule has 1 aromatic carbocycles. The topological polar surface area (TPSA) is 72.2 Å². The Labute approximate surface area is 125 Å². The Bertz CT molecular complexity index is 586. The summed E-state index contributed by atoms with van der Waals surface area (Å²) < 4.78 is 7.43. The van der Waals surface area contributed by atoms with Crippen LogP contribution in [0.3, 0.4) is 0 Å².